The van der Waals surface area contributed by atoms with Gasteiger partial charge in [0.1, 0.15) is 16.8 Å². The number of hydrogen-bond acceptors (Lipinski definition) is 3. The van der Waals surface area contributed by atoms with Crippen LogP contribution in [0.2, 0.25) is 5.15 Å². The van der Waals surface area contributed by atoms with Crippen molar-refractivity contribution in [3.8, 4) is 11.4 Å². The highest BCUT2D eigenvalue weighted by Crippen LogP contribution is 2.19. The molecule has 0 aliphatic carbocycles. The molecule has 0 spiro atoms. The van der Waals surface area contributed by atoms with Gasteiger partial charge in [0.25, 0.3) is 0 Å². The maximum absolute atomic E-state index is 13.4. The average Bonchev–Trinajstić information content (AvgIpc) is 3.13. The molecular weight excluding hydrogens is 317 g/mol. The lowest BCUT2D eigenvalue weighted by atomic mass is 10.2. The van der Waals surface area contributed by atoms with Gasteiger partial charge in [0, 0.05) is 18.0 Å². The van der Waals surface area contributed by atoms with Crippen molar-refractivity contribution in [1.82, 2.24) is 24.1 Å². The first-order valence-corrected chi connectivity index (χ1v) is 7.35. The summed E-state index contributed by atoms with van der Waals surface area (Å²) in [5.74, 6) is 0.399. The Morgan fingerprint density at radius 2 is 2.09 bits per heavy atom. The van der Waals surface area contributed by atoms with Crippen LogP contribution in [-0.4, -0.2) is 24.1 Å². The Labute approximate surface area is 136 Å². The van der Waals surface area contributed by atoms with Crippen molar-refractivity contribution in [2.24, 2.45) is 0 Å². The second-order valence-corrected chi connectivity index (χ2v) is 5.47. The fourth-order valence-corrected chi connectivity index (χ4v) is 2.63. The predicted molar refractivity (Wildman–Crippen MR) is 84.7 cm³/mol. The van der Waals surface area contributed by atoms with Crippen molar-refractivity contribution in [1.29, 1.82) is 0 Å². The van der Waals surface area contributed by atoms with E-state index in [0.29, 0.717) is 17.5 Å². The highest BCUT2D eigenvalue weighted by Gasteiger charge is 2.10. The van der Waals surface area contributed by atoms with Crippen molar-refractivity contribution in [3.05, 3.63) is 71.7 Å². The smallest absolute Gasteiger partial charge is 0.153 e. The average molecular weight is 328 g/mol. The minimum Gasteiger partial charge on any atom is -0.325 e. The lowest BCUT2D eigenvalue weighted by Gasteiger charge is -2.06. The summed E-state index contributed by atoms with van der Waals surface area (Å²) >= 11 is 5.88. The fraction of sp³-hybridized carbons (Fsp3) is 0.0625. The van der Waals surface area contributed by atoms with Crippen molar-refractivity contribution in [2.75, 3.05) is 0 Å². The van der Waals surface area contributed by atoms with Gasteiger partial charge in [0.15, 0.2) is 5.65 Å². The molecule has 0 aliphatic heterocycles. The third kappa shape index (κ3) is 2.68. The van der Waals surface area contributed by atoms with Gasteiger partial charge >= 0.3 is 0 Å². The van der Waals surface area contributed by atoms with Crippen LogP contribution in [0.4, 0.5) is 4.39 Å². The van der Waals surface area contributed by atoms with Gasteiger partial charge in [-0.05, 0) is 24.3 Å². The van der Waals surface area contributed by atoms with Crippen LogP contribution in [0.3, 0.4) is 0 Å². The molecule has 3 heterocycles. The number of nitrogens with zero attached hydrogens (tertiary/aromatic N) is 5. The third-order valence-electron chi connectivity index (χ3n) is 3.47. The Balaban J connectivity index is 1.70. The minimum atomic E-state index is -0.288. The summed E-state index contributed by atoms with van der Waals surface area (Å²) in [5.41, 5.74) is 2.26. The number of aromatic nitrogens is 5. The molecule has 114 valence electrons. The minimum absolute atomic E-state index is 0.288. The van der Waals surface area contributed by atoms with Crippen LogP contribution in [0.25, 0.3) is 17.0 Å². The number of imidazole rings is 2. The molecule has 0 radical (unpaired) electrons. The highest BCUT2D eigenvalue weighted by atomic mass is 35.5. The molecular formula is C16H11ClFN5. The highest BCUT2D eigenvalue weighted by molar-refractivity contribution is 6.29. The quantitative estimate of drug-likeness (QED) is 0.579. The molecule has 0 unspecified atom stereocenters. The Hall–Kier alpha value is -2.73. The molecule has 23 heavy (non-hydrogen) atoms. The summed E-state index contributed by atoms with van der Waals surface area (Å²) in [6.45, 7) is 0.507. The molecule has 0 atom stereocenters. The molecule has 0 aliphatic rings. The number of hydrogen-bond donors (Lipinski definition) is 0. The van der Waals surface area contributed by atoms with Crippen LogP contribution in [0.15, 0.2) is 55.0 Å². The fourth-order valence-electron chi connectivity index (χ4n) is 2.48. The summed E-state index contributed by atoms with van der Waals surface area (Å²) in [4.78, 5) is 8.82. The first-order valence-electron chi connectivity index (χ1n) is 6.97. The third-order valence-corrected chi connectivity index (χ3v) is 3.67. The van der Waals surface area contributed by atoms with Crippen molar-refractivity contribution in [3.63, 3.8) is 0 Å². The number of benzene rings is 1. The largest absolute Gasteiger partial charge is 0.325 e. The van der Waals surface area contributed by atoms with Gasteiger partial charge in [0.2, 0.25) is 0 Å². The summed E-state index contributed by atoms with van der Waals surface area (Å²) in [6, 6.07) is 9.87. The second-order valence-electron chi connectivity index (χ2n) is 5.08. The van der Waals surface area contributed by atoms with Gasteiger partial charge in [-0.2, -0.15) is 5.10 Å². The molecule has 0 amide bonds. The van der Waals surface area contributed by atoms with Crippen LogP contribution in [0.5, 0.6) is 0 Å². The van der Waals surface area contributed by atoms with E-state index >= 15 is 0 Å². The van der Waals surface area contributed by atoms with Gasteiger partial charge in [-0.1, -0.05) is 23.7 Å². The standard InChI is InChI=1S/C16H11ClFN5/c17-14-4-5-15-20-13(10-23(15)21-14)9-22-7-6-19-16(22)11-2-1-3-12(18)8-11/h1-8,10H,9H2. The van der Waals surface area contributed by atoms with Crippen molar-refractivity contribution >= 4 is 17.2 Å². The summed E-state index contributed by atoms with van der Waals surface area (Å²) in [5, 5.41) is 4.57. The van der Waals surface area contributed by atoms with Crippen molar-refractivity contribution in [2.45, 2.75) is 6.54 Å². The SMILES string of the molecule is Fc1cccc(-c2nccn2Cc2cn3nc(Cl)ccc3n2)c1. The van der Waals surface area contributed by atoms with Gasteiger partial charge in [-0.3, -0.25) is 0 Å². The van der Waals surface area contributed by atoms with Gasteiger partial charge in [-0.25, -0.2) is 18.9 Å². The van der Waals surface area contributed by atoms with Crippen LogP contribution in [-0.2, 0) is 6.54 Å². The molecule has 3 aromatic heterocycles. The van der Waals surface area contributed by atoms with Gasteiger partial charge in [0.05, 0.1) is 18.4 Å². The zero-order valence-corrected chi connectivity index (χ0v) is 12.7. The summed E-state index contributed by atoms with van der Waals surface area (Å²) < 4.78 is 17.0. The van der Waals surface area contributed by atoms with Gasteiger partial charge < -0.3 is 4.57 Å². The van der Waals surface area contributed by atoms with Crippen LogP contribution in [0, 0.1) is 5.82 Å². The monoisotopic (exact) mass is 327 g/mol. The van der Waals surface area contributed by atoms with E-state index in [1.165, 1.54) is 12.1 Å². The van der Waals surface area contributed by atoms with Crippen molar-refractivity contribution < 1.29 is 4.39 Å². The van der Waals surface area contributed by atoms with E-state index in [9.17, 15) is 4.39 Å². The van der Waals surface area contributed by atoms with E-state index in [1.54, 1.807) is 28.9 Å². The molecule has 4 rings (SSSR count). The lowest BCUT2D eigenvalue weighted by molar-refractivity contribution is 0.628. The first-order chi connectivity index (χ1) is 11.2. The molecule has 7 heteroatoms. The molecule has 0 N–H and O–H groups in total. The van der Waals surface area contributed by atoms with Gasteiger partial charge in [-0.15, -0.1) is 0 Å². The molecule has 0 saturated carbocycles. The predicted octanol–water partition coefficient (Wildman–Crippen LogP) is 3.43. The molecule has 1 aromatic carbocycles. The Kier molecular flexibility index (Phi) is 3.31. The topological polar surface area (TPSA) is 48.0 Å². The van der Waals surface area contributed by atoms with E-state index in [4.69, 9.17) is 11.6 Å². The molecule has 4 aromatic rings. The van der Waals surface area contributed by atoms with Crippen LogP contribution >= 0.6 is 11.6 Å². The maximum Gasteiger partial charge on any atom is 0.153 e. The van der Waals surface area contributed by atoms with E-state index < -0.39 is 0 Å². The molecule has 0 bridgehead atoms. The Bertz CT molecular complexity index is 991. The number of fused-ring (bicyclic) bond motifs is 1. The Morgan fingerprint density at radius 1 is 1.17 bits per heavy atom. The number of rotatable bonds is 3. The summed E-state index contributed by atoms with van der Waals surface area (Å²) in [6.07, 6.45) is 5.34. The van der Waals surface area contributed by atoms with Crippen LogP contribution < -0.4 is 0 Å². The van der Waals surface area contributed by atoms with Crippen LogP contribution in [0.1, 0.15) is 5.69 Å². The molecule has 0 fully saturated rings. The number of halogens is 2. The van der Waals surface area contributed by atoms with E-state index in [0.717, 1.165) is 16.9 Å². The lowest BCUT2D eigenvalue weighted by Crippen LogP contribution is -2.01. The van der Waals surface area contributed by atoms with E-state index in [-0.39, 0.29) is 5.82 Å². The normalized spacial score (nSPS) is 11.2. The Morgan fingerprint density at radius 3 is 2.96 bits per heavy atom. The summed E-state index contributed by atoms with van der Waals surface area (Å²) in [7, 11) is 0. The van der Waals surface area contributed by atoms with E-state index in [2.05, 4.69) is 15.1 Å². The molecule has 5 nitrogen and oxygen atoms in total. The van der Waals surface area contributed by atoms with E-state index in [1.807, 2.05) is 23.0 Å². The second kappa shape index (κ2) is 5.48. The first kappa shape index (κ1) is 13.9. The zero-order valence-electron chi connectivity index (χ0n) is 11.9. The molecule has 0 saturated heterocycles. The maximum atomic E-state index is 13.4. The zero-order chi connectivity index (χ0) is 15.8.